The lowest BCUT2D eigenvalue weighted by Crippen LogP contribution is -2.24. The van der Waals surface area contributed by atoms with Crippen molar-refractivity contribution in [2.24, 2.45) is 0 Å². The summed E-state index contributed by atoms with van der Waals surface area (Å²) in [6.45, 7) is 8.25. The molecule has 0 radical (unpaired) electrons. The van der Waals surface area contributed by atoms with Crippen molar-refractivity contribution in [3.8, 4) is 0 Å². The molecule has 0 bridgehead atoms. The highest BCUT2D eigenvalue weighted by atomic mass is 16.1. The van der Waals surface area contributed by atoms with Crippen molar-refractivity contribution < 1.29 is 4.79 Å². The second kappa shape index (κ2) is 7.16. The molecule has 1 aromatic heterocycles. The number of fused-ring (bicyclic) bond motifs is 1. The van der Waals surface area contributed by atoms with Crippen molar-refractivity contribution in [2.45, 2.75) is 40.7 Å². The molecule has 0 saturated carbocycles. The first kappa shape index (κ1) is 17.9. The van der Waals surface area contributed by atoms with E-state index in [4.69, 9.17) is 0 Å². The van der Waals surface area contributed by atoms with E-state index in [1.54, 1.807) is 10.6 Å². The molecular formula is C22H24N2O2. The maximum absolute atomic E-state index is 12.5. The van der Waals surface area contributed by atoms with Crippen molar-refractivity contribution in [2.75, 3.05) is 5.32 Å². The molecule has 26 heavy (non-hydrogen) atoms. The molecule has 0 atom stereocenters. The van der Waals surface area contributed by atoms with Gasteiger partial charge in [0.25, 0.3) is 5.56 Å². The summed E-state index contributed by atoms with van der Waals surface area (Å²) in [5.74, 6) is -0.0865. The monoisotopic (exact) mass is 348 g/mol. The molecule has 0 aliphatic rings. The summed E-state index contributed by atoms with van der Waals surface area (Å²) in [6, 6.07) is 13.6. The Labute approximate surface area is 153 Å². The number of aromatic nitrogens is 1. The molecule has 0 saturated heterocycles. The minimum atomic E-state index is -0.0865. The van der Waals surface area contributed by atoms with Crippen LogP contribution in [0.2, 0.25) is 0 Å². The Kier molecular flexibility index (Phi) is 4.94. The molecule has 1 heterocycles. The van der Waals surface area contributed by atoms with Gasteiger partial charge in [-0.3, -0.25) is 9.59 Å². The van der Waals surface area contributed by atoms with Crippen molar-refractivity contribution >= 4 is 22.5 Å². The molecule has 3 rings (SSSR count). The number of para-hydroxylation sites is 2. The van der Waals surface area contributed by atoms with Gasteiger partial charge in [0.1, 0.15) is 0 Å². The molecule has 1 amide bonds. The number of pyridine rings is 1. The zero-order chi connectivity index (χ0) is 18.8. The fourth-order valence-electron chi connectivity index (χ4n) is 3.44. The fraction of sp³-hybridized carbons (Fsp3) is 0.273. The molecule has 0 spiro atoms. The van der Waals surface area contributed by atoms with Crippen molar-refractivity contribution in [1.29, 1.82) is 0 Å². The van der Waals surface area contributed by atoms with E-state index in [1.807, 2.05) is 64.1 Å². The second-order valence-corrected chi connectivity index (χ2v) is 6.85. The summed E-state index contributed by atoms with van der Waals surface area (Å²) in [5, 5.41) is 4.04. The second-order valence-electron chi connectivity index (χ2n) is 6.85. The Morgan fingerprint density at radius 2 is 1.54 bits per heavy atom. The van der Waals surface area contributed by atoms with Crippen LogP contribution in [-0.2, 0) is 11.3 Å². The molecule has 0 aliphatic heterocycles. The summed E-state index contributed by atoms with van der Waals surface area (Å²) in [7, 11) is 0. The lowest BCUT2D eigenvalue weighted by atomic mass is 10.1. The first-order valence-corrected chi connectivity index (χ1v) is 8.84. The molecule has 0 aliphatic carbocycles. The van der Waals surface area contributed by atoms with Gasteiger partial charge in [-0.1, -0.05) is 36.4 Å². The van der Waals surface area contributed by atoms with Gasteiger partial charge in [-0.15, -0.1) is 0 Å². The average molecular weight is 348 g/mol. The molecule has 134 valence electrons. The third kappa shape index (κ3) is 3.40. The zero-order valence-corrected chi connectivity index (χ0v) is 15.7. The molecule has 1 N–H and O–H groups in total. The number of rotatable bonds is 4. The van der Waals surface area contributed by atoms with E-state index in [0.717, 1.165) is 38.8 Å². The number of benzene rings is 2. The smallest absolute Gasteiger partial charge is 0.251 e. The van der Waals surface area contributed by atoms with Crippen LogP contribution in [0.1, 0.15) is 28.7 Å². The number of hydrogen-bond donors (Lipinski definition) is 1. The van der Waals surface area contributed by atoms with Crippen LogP contribution < -0.4 is 10.9 Å². The minimum absolute atomic E-state index is 0.0656. The predicted molar refractivity (Wildman–Crippen MR) is 107 cm³/mol. The first-order valence-electron chi connectivity index (χ1n) is 8.84. The third-order valence-corrected chi connectivity index (χ3v) is 4.85. The largest absolute Gasteiger partial charge is 0.326 e. The molecule has 4 heteroatoms. The minimum Gasteiger partial charge on any atom is -0.326 e. The van der Waals surface area contributed by atoms with Gasteiger partial charge in [-0.25, -0.2) is 0 Å². The number of nitrogens with zero attached hydrogens (tertiary/aromatic N) is 1. The third-order valence-electron chi connectivity index (χ3n) is 4.85. The number of carbonyl (C=O) groups is 1. The number of hydrogen-bond acceptors (Lipinski definition) is 2. The summed E-state index contributed by atoms with van der Waals surface area (Å²) < 4.78 is 1.71. The summed E-state index contributed by atoms with van der Waals surface area (Å²) in [6.07, 6.45) is 0.250. The number of amides is 1. The lowest BCUT2D eigenvalue weighted by Gasteiger charge is -2.15. The van der Waals surface area contributed by atoms with Crippen LogP contribution in [0.3, 0.4) is 0 Å². The van der Waals surface area contributed by atoms with Crippen LogP contribution in [0.25, 0.3) is 10.9 Å². The summed E-state index contributed by atoms with van der Waals surface area (Å²) in [5.41, 5.74) is 5.78. The highest BCUT2D eigenvalue weighted by Gasteiger charge is 2.12. The average Bonchev–Trinajstić information content (AvgIpc) is 2.58. The van der Waals surface area contributed by atoms with Crippen LogP contribution in [-0.4, -0.2) is 10.5 Å². The van der Waals surface area contributed by atoms with Crippen LogP contribution >= 0.6 is 0 Å². The van der Waals surface area contributed by atoms with Gasteiger partial charge in [0, 0.05) is 30.1 Å². The number of aryl methyl sites for hydroxylation is 5. The molecule has 0 fully saturated rings. The van der Waals surface area contributed by atoms with E-state index in [1.165, 1.54) is 0 Å². The van der Waals surface area contributed by atoms with Gasteiger partial charge in [0.05, 0.1) is 5.52 Å². The van der Waals surface area contributed by atoms with E-state index >= 15 is 0 Å². The van der Waals surface area contributed by atoms with E-state index in [-0.39, 0.29) is 17.9 Å². The zero-order valence-electron chi connectivity index (χ0n) is 15.7. The summed E-state index contributed by atoms with van der Waals surface area (Å²) in [4.78, 5) is 25.0. The van der Waals surface area contributed by atoms with Crippen molar-refractivity contribution in [3.63, 3.8) is 0 Å². The van der Waals surface area contributed by atoms with Gasteiger partial charge in [-0.05, 0) is 49.9 Å². The maximum Gasteiger partial charge on any atom is 0.251 e. The molecule has 3 aromatic rings. The Bertz CT molecular complexity index is 1030. The van der Waals surface area contributed by atoms with Crippen molar-refractivity contribution in [1.82, 2.24) is 4.57 Å². The topological polar surface area (TPSA) is 51.1 Å². The van der Waals surface area contributed by atoms with Gasteiger partial charge in [0.2, 0.25) is 5.91 Å². The standard InChI is InChI=1S/C22H24N2O2/c1-14-7-5-8-15(2)21(14)23-19(25)11-12-24-20(26)13-17(4)18-10-6-9-16(3)22(18)24/h5-10,13H,11-12H2,1-4H3,(H,23,25). The maximum atomic E-state index is 12.5. The van der Waals surface area contributed by atoms with E-state index < -0.39 is 0 Å². The molecule has 0 unspecified atom stereocenters. The number of nitrogens with one attached hydrogen (secondary N) is 1. The van der Waals surface area contributed by atoms with Gasteiger partial charge in [0.15, 0.2) is 0 Å². The highest BCUT2D eigenvalue weighted by molar-refractivity contribution is 5.92. The Morgan fingerprint density at radius 3 is 2.23 bits per heavy atom. The van der Waals surface area contributed by atoms with Crippen LogP contribution in [0.15, 0.2) is 47.3 Å². The number of anilines is 1. The van der Waals surface area contributed by atoms with Gasteiger partial charge in [-0.2, -0.15) is 0 Å². The molecule has 4 nitrogen and oxygen atoms in total. The quantitative estimate of drug-likeness (QED) is 0.766. The summed E-state index contributed by atoms with van der Waals surface area (Å²) >= 11 is 0. The number of carbonyl (C=O) groups excluding carboxylic acids is 1. The Hall–Kier alpha value is -2.88. The van der Waals surface area contributed by atoms with Crippen LogP contribution in [0.5, 0.6) is 0 Å². The van der Waals surface area contributed by atoms with E-state index in [0.29, 0.717) is 6.54 Å². The highest BCUT2D eigenvalue weighted by Crippen LogP contribution is 2.21. The predicted octanol–water partition coefficient (Wildman–Crippen LogP) is 4.26. The lowest BCUT2D eigenvalue weighted by molar-refractivity contribution is -0.116. The Morgan fingerprint density at radius 1 is 0.923 bits per heavy atom. The van der Waals surface area contributed by atoms with Gasteiger partial charge < -0.3 is 9.88 Å². The molecule has 2 aromatic carbocycles. The van der Waals surface area contributed by atoms with Gasteiger partial charge >= 0.3 is 0 Å². The van der Waals surface area contributed by atoms with Crippen molar-refractivity contribution in [3.05, 3.63) is 75.1 Å². The van der Waals surface area contributed by atoms with E-state index in [2.05, 4.69) is 5.32 Å². The fourth-order valence-corrected chi connectivity index (χ4v) is 3.44. The van der Waals surface area contributed by atoms with Crippen LogP contribution in [0, 0.1) is 27.7 Å². The van der Waals surface area contributed by atoms with E-state index in [9.17, 15) is 9.59 Å². The normalized spacial score (nSPS) is 10.9. The molecular weight excluding hydrogens is 324 g/mol. The van der Waals surface area contributed by atoms with Crippen LogP contribution in [0.4, 0.5) is 5.69 Å². The first-order chi connectivity index (χ1) is 12.4. The SMILES string of the molecule is Cc1cccc(C)c1NC(=O)CCn1c(=O)cc(C)c2cccc(C)c21. The Balaban J connectivity index is 1.86.